The van der Waals surface area contributed by atoms with Gasteiger partial charge in [-0.1, -0.05) is 29.3 Å². The summed E-state index contributed by atoms with van der Waals surface area (Å²) < 4.78 is 0. The van der Waals surface area contributed by atoms with Gasteiger partial charge in [0.25, 0.3) is 0 Å². The lowest BCUT2D eigenvalue weighted by Gasteiger charge is -2.24. The molecular weight excluding hydrogens is 387 g/mol. The van der Waals surface area contributed by atoms with E-state index >= 15 is 0 Å². The number of fused-ring (bicyclic) bond motifs is 1. The average Bonchev–Trinajstić information content (AvgIpc) is 3.28. The summed E-state index contributed by atoms with van der Waals surface area (Å²) in [6.07, 6.45) is 4.91. The number of carbonyl (C=O) groups excluding carboxylic acids is 1. The molecule has 3 aromatic rings. The highest BCUT2D eigenvalue weighted by molar-refractivity contribution is 6.35. The lowest BCUT2D eigenvalue weighted by atomic mass is 10.1. The van der Waals surface area contributed by atoms with Gasteiger partial charge in [-0.3, -0.25) is 9.69 Å². The van der Waals surface area contributed by atoms with Crippen LogP contribution in [0.2, 0.25) is 10.0 Å². The highest BCUT2D eigenvalue weighted by Crippen LogP contribution is 2.26. The van der Waals surface area contributed by atoms with Crippen molar-refractivity contribution < 1.29 is 4.79 Å². The van der Waals surface area contributed by atoms with Gasteiger partial charge in [-0.15, -0.1) is 0 Å². The minimum Gasteiger partial charge on any atom is -0.348 e. The van der Waals surface area contributed by atoms with Gasteiger partial charge in [0.1, 0.15) is 17.7 Å². The third-order valence-electron chi connectivity index (χ3n) is 4.70. The Labute approximate surface area is 166 Å². The molecule has 7 nitrogen and oxygen atoms in total. The average molecular weight is 405 g/mol. The number of nitrogens with zero attached hydrogens (tertiary/aromatic N) is 4. The molecule has 3 heterocycles. The lowest BCUT2D eigenvalue weighted by Crippen LogP contribution is -2.42. The number of nitrogens with one attached hydrogen (secondary N) is 2. The second-order valence-electron chi connectivity index (χ2n) is 6.53. The highest BCUT2D eigenvalue weighted by Gasteiger charge is 2.30. The van der Waals surface area contributed by atoms with Gasteiger partial charge in [-0.2, -0.15) is 0 Å². The molecule has 0 spiro atoms. The summed E-state index contributed by atoms with van der Waals surface area (Å²) in [6.45, 7) is 1.80. The number of aromatic nitrogens is 4. The van der Waals surface area contributed by atoms with Crippen LogP contribution in [0.5, 0.6) is 0 Å². The van der Waals surface area contributed by atoms with Crippen LogP contribution in [0.25, 0.3) is 11.2 Å². The van der Waals surface area contributed by atoms with E-state index in [0.29, 0.717) is 34.6 Å². The van der Waals surface area contributed by atoms with Crippen LogP contribution in [0.3, 0.4) is 0 Å². The molecule has 0 radical (unpaired) electrons. The summed E-state index contributed by atoms with van der Waals surface area (Å²) in [5, 5.41) is 4.19. The molecule has 1 aromatic carbocycles. The zero-order valence-corrected chi connectivity index (χ0v) is 16.0. The molecule has 140 valence electrons. The van der Waals surface area contributed by atoms with E-state index in [9.17, 15) is 4.79 Å². The van der Waals surface area contributed by atoms with Gasteiger partial charge in [-0.05, 0) is 37.1 Å². The number of carbonyl (C=O) groups is 1. The van der Waals surface area contributed by atoms with E-state index in [0.717, 1.165) is 30.5 Å². The molecular formula is C18H18Cl2N6O. The smallest absolute Gasteiger partial charge is 0.237 e. The SMILES string of the molecule is O=C(NCc1nc2ncncc2[nH]1)C1CCCN1Cc1ccc(Cl)cc1Cl. The number of imidazole rings is 1. The van der Waals surface area contributed by atoms with E-state index in [1.807, 2.05) is 12.1 Å². The maximum atomic E-state index is 12.7. The van der Waals surface area contributed by atoms with E-state index in [1.54, 1.807) is 12.3 Å². The number of rotatable bonds is 5. The van der Waals surface area contributed by atoms with Crippen LogP contribution in [0.4, 0.5) is 0 Å². The predicted octanol–water partition coefficient (Wildman–Crippen LogP) is 2.94. The first-order valence-electron chi connectivity index (χ1n) is 8.70. The molecule has 1 unspecified atom stereocenters. The van der Waals surface area contributed by atoms with Crippen molar-refractivity contribution in [3.05, 3.63) is 52.2 Å². The van der Waals surface area contributed by atoms with Crippen molar-refractivity contribution in [1.82, 2.24) is 30.2 Å². The van der Waals surface area contributed by atoms with E-state index in [-0.39, 0.29) is 11.9 Å². The molecule has 1 fully saturated rings. The fourth-order valence-electron chi connectivity index (χ4n) is 3.37. The quantitative estimate of drug-likeness (QED) is 0.682. The molecule has 1 amide bonds. The fourth-order valence-corrected chi connectivity index (χ4v) is 3.83. The molecule has 0 saturated carbocycles. The van der Waals surface area contributed by atoms with Crippen molar-refractivity contribution in [1.29, 1.82) is 0 Å². The Kier molecular flexibility index (Phi) is 5.24. The number of halogens is 2. The third kappa shape index (κ3) is 4.05. The summed E-state index contributed by atoms with van der Waals surface area (Å²) in [5.41, 5.74) is 2.31. The second kappa shape index (κ2) is 7.80. The Hall–Kier alpha value is -2.22. The van der Waals surface area contributed by atoms with Crippen molar-refractivity contribution in [2.24, 2.45) is 0 Å². The molecule has 0 bridgehead atoms. The Morgan fingerprint density at radius 2 is 2.26 bits per heavy atom. The van der Waals surface area contributed by atoms with Gasteiger partial charge < -0.3 is 10.3 Å². The molecule has 1 atom stereocenters. The number of amides is 1. The first kappa shape index (κ1) is 18.2. The zero-order valence-electron chi connectivity index (χ0n) is 14.5. The monoisotopic (exact) mass is 404 g/mol. The van der Waals surface area contributed by atoms with Crippen molar-refractivity contribution in [2.45, 2.75) is 32.0 Å². The minimum atomic E-state index is -0.180. The van der Waals surface area contributed by atoms with Crippen LogP contribution < -0.4 is 5.32 Å². The Balaban J connectivity index is 1.39. The van der Waals surface area contributed by atoms with Crippen LogP contribution in [-0.4, -0.2) is 43.3 Å². The van der Waals surface area contributed by atoms with E-state index in [1.165, 1.54) is 6.33 Å². The van der Waals surface area contributed by atoms with Crippen molar-refractivity contribution in [3.63, 3.8) is 0 Å². The molecule has 4 rings (SSSR count). The van der Waals surface area contributed by atoms with E-state index < -0.39 is 0 Å². The van der Waals surface area contributed by atoms with E-state index in [4.69, 9.17) is 23.2 Å². The molecule has 1 aliphatic rings. The molecule has 2 aromatic heterocycles. The molecule has 1 aliphatic heterocycles. The Bertz CT molecular complexity index is 942. The van der Waals surface area contributed by atoms with Gasteiger partial charge >= 0.3 is 0 Å². The van der Waals surface area contributed by atoms with Gasteiger partial charge in [0.05, 0.1) is 18.8 Å². The van der Waals surface area contributed by atoms with Crippen LogP contribution in [0.15, 0.2) is 30.7 Å². The number of benzene rings is 1. The fraction of sp³-hybridized carbons (Fsp3) is 0.333. The van der Waals surface area contributed by atoms with Crippen LogP contribution in [0.1, 0.15) is 24.2 Å². The van der Waals surface area contributed by atoms with E-state index in [2.05, 4.69) is 30.2 Å². The first-order chi connectivity index (χ1) is 13.1. The minimum absolute atomic E-state index is 0.0101. The van der Waals surface area contributed by atoms with Gasteiger partial charge in [0.15, 0.2) is 5.65 Å². The maximum Gasteiger partial charge on any atom is 0.237 e. The Morgan fingerprint density at radius 1 is 1.37 bits per heavy atom. The van der Waals surface area contributed by atoms with Crippen LogP contribution in [0, 0.1) is 0 Å². The van der Waals surface area contributed by atoms with Gasteiger partial charge in [0, 0.05) is 16.6 Å². The molecule has 0 aliphatic carbocycles. The normalized spacial score (nSPS) is 17.5. The topological polar surface area (TPSA) is 86.8 Å². The third-order valence-corrected chi connectivity index (χ3v) is 5.28. The summed E-state index contributed by atoms with van der Waals surface area (Å²) >= 11 is 12.2. The first-order valence-corrected chi connectivity index (χ1v) is 9.46. The number of H-pyrrole nitrogens is 1. The summed E-state index contributed by atoms with van der Waals surface area (Å²) in [4.78, 5) is 30.3. The van der Waals surface area contributed by atoms with Crippen LogP contribution >= 0.6 is 23.2 Å². The standard InChI is InChI=1S/C18H18Cl2N6O/c19-12-4-3-11(13(20)6-12)9-26-5-1-2-15(26)18(27)22-8-16-24-14-7-21-10-23-17(14)25-16/h3-4,6-7,10,15H,1-2,5,8-9H2,(H,22,27)(H,21,23,24,25). The molecule has 2 N–H and O–H groups in total. The number of aromatic amines is 1. The van der Waals surface area contributed by atoms with Crippen molar-refractivity contribution in [2.75, 3.05) is 6.54 Å². The summed E-state index contributed by atoms with van der Waals surface area (Å²) in [7, 11) is 0. The maximum absolute atomic E-state index is 12.7. The largest absolute Gasteiger partial charge is 0.348 e. The second-order valence-corrected chi connectivity index (χ2v) is 7.37. The molecule has 1 saturated heterocycles. The van der Waals surface area contributed by atoms with Crippen molar-refractivity contribution >= 4 is 40.3 Å². The highest BCUT2D eigenvalue weighted by atomic mass is 35.5. The van der Waals surface area contributed by atoms with Crippen LogP contribution in [-0.2, 0) is 17.9 Å². The summed E-state index contributed by atoms with van der Waals surface area (Å²) in [6, 6.07) is 5.28. The molecule has 27 heavy (non-hydrogen) atoms. The molecule has 9 heteroatoms. The number of hydrogen-bond acceptors (Lipinski definition) is 5. The number of likely N-dealkylation sites (tertiary alicyclic amines) is 1. The predicted molar refractivity (Wildman–Crippen MR) is 103 cm³/mol. The summed E-state index contributed by atoms with van der Waals surface area (Å²) in [5.74, 6) is 0.647. The van der Waals surface area contributed by atoms with Crippen molar-refractivity contribution in [3.8, 4) is 0 Å². The number of hydrogen-bond donors (Lipinski definition) is 2. The lowest BCUT2D eigenvalue weighted by molar-refractivity contribution is -0.125. The zero-order chi connectivity index (χ0) is 18.8. The van der Waals surface area contributed by atoms with Gasteiger partial charge in [0.2, 0.25) is 5.91 Å². The Morgan fingerprint density at radius 3 is 3.07 bits per heavy atom. The van der Waals surface area contributed by atoms with Gasteiger partial charge in [-0.25, -0.2) is 15.0 Å².